The number of unbranched alkanes of at least 4 members (excludes halogenated alkanes) is 1. The summed E-state index contributed by atoms with van der Waals surface area (Å²) in [6, 6.07) is 8.84. The summed E-state index contributed by atoms with van der Waals surface area (Å²) in [5.41, 5.74) is 1.22. The lowest BCUT2D eigenvalue weighted by Crippen LogP contribution is -2.33. The molecular formula is C14H17BrN2O. The van der Waals surface area contributed by atoms with Gasteiger partial charge in [-0.1, -0.05) is 29.3 Å². The minimum absolute atomic E-state index is 0.0346. The SMILES string of the molecule is CCCCN(CCBr)C(=O)c1ccc(C#N)cc1. The molecule has 1 aromatic rings. The van der Waals surface area contributed by atoms with E-state index in [1.807, 2.05) is 11.0 Å². The predicted molar refractivity (Wildman–Crippen MR) is 75.8 cm³/mol. The van der Waals surface area contributed by atoms with E-state index in [1.165, 1.54) is 0 Å². The summed E-state index contributed by atoms with van der Waals surface area (Å²) in [4.78, 5) is 14.1. The van der Waals surface area contributed by atoms with Crippen LogP contribution in [0.4, 0.5) is 0 Å². The summed E-state index contributed by atoms with van der Waals surface area (Å²) < 4.78 is 0. The fraction of sp³-hybridized carbons (Fsp3) is 0.429. The molecule has 1 amide bonds. The molecule has 0 aromatic heterocycles. The molecule has 1 aromatic carbocycles. The van der Waals surface area contributed by atoms with E-state index in [2.05, 4.69) is 22.9 Å². The number of carbonyl (C=O) groups excluding carboxylic acids is 1. The van der Waals surface area contributed by atoms with Crippen molar-refractivity contribution in [2.45, 2.75) is 19.8 Å². The first-order valence-corrected chi connectivity index (χ1v) is 7.20. The third-order valence-corrected chi connectivity index (χ3v) is 3.04. The molecule has 0 aliphatic heterocycles. The fourth-order valence-corrected chi connectivity index (χ4v) is 2.06. The lowest BCUT2D eigenvalue weighted by molar-refractivity contribution is 0.0764. The summed E-state index contributed by atoms with van der Waals surface area (Å²) >= 11 is 3.37. The number of rotatable bonds is 6. The Morgan fingerprint density at radius 3 is 2.50 bits per heavy atom. The molecule has 1 rings (SSSR count). The quantitative estimate of drug-likeness (QED) is 0.758. The van der Waals surface area contributed by atoms with Crippen molar-refractivity contribution in [3.8, 4) is 6.07 Å². The molecule has 0 aliphatic carbocycles. The maximum Gasteiger partial charge on any atom is 0.253 e. The third kappa shape index (κ3) is 4.15. The molecule has 0 N–H and O–H groups in total. The van der Waals surface area contributed by atoms with E-state index in [1.54, 1.807) is 24.3 Å². The van der Waals surface area contributed by atoms with Crippen molar-refractivity contribution in [1.29, 1.82) is 5.26 Å². The van der Waals surface area contributed by atoms with Crippen LogP contribution in [0.3, 0.4) is 0 Å². The second-order valence-electron chi connectivity index (χ2n) is 4.02. The van der Waals surface area contributed by atoms with E-state index >= 15 is 0 Å². The van der Waals surface area contributed by atoms with Crippen molar-refractivity contribution in [3.63, 3.8) is 0 Å². The highest BCUT2D eigenvalue weighted by Gasteiger charge is 2.14. The number of amides is 1. The normalized spacial score (nSPS) is 9.83. The van der Waals surface area contributed by atoms with Crippen LogP contribution in [0.25, 0.3) is 0 Å². The lowest BCUT2D eigenvalue weighted by Gasteiger charge is -2.21. The van der Waals surface area contributed by atoms with Crippen molar-refractivity contribution in [2.75, 3.05) is 18.4 Å². The third-order valence-electron chi connectivity index (χ3n) is 2.68. The van der Waals surface area contributed by atoms with E-state index in [9.17, 15) is 4.79 Å². The molecule has 96 valence electrons. The largest absolute Gasteiger partial charge is 0.338 e. The van der Waals surface area contributed by atoms with Gasteiger partial charge < -0.3 is 4.90 Å². The Kier molecular flexibility index (Phi) is 6.45. The van der Waals surface area contributed by atoms with Crippen molar-refractivity contribution >= 4 is 21.8 Å². The van der Waals surface area contributed by atoms with Gasteiger partial charge >= 0.3 is 0 Å². The van der Waals surface area contributed by atoms with Crippen molar-refractivity contribution < 1.29 is 4.79 Å². The minimum Gasteiger partial charge on any atom is -0.338 e. The number of hydrogen-bond acceptors (Lipinski definition) is 2. The van der Waals surface area contributed by atoms with Gasteiger partial charge in [0.25, 0.3) is 5.91 Å². The Hall–Kier alpha value is -1.34. The lowest BCUT2D eigenvalue weighted by atomic mass is 10.1. The summed E-state index contributed by atoms with van der Waals surface area (Å²) in [6.07, 6.45) is 2.08. The van der Waals surface area contributed by atoms with Gasteiger partial charge in [0, 0.05) is 24.0 Å². The van der Waals surface area contributed by atoms with Crippen LogP contribution in [-0.2, 0) is 0 Å². The van der Waals surface area contributed by atoms with Crippen molar-refractivity contribution in [2.24, 2.45) is 0 Å². The van der Waals surface area contributed by atoms with Gasteiger partial charge in [-0.3, -0.25) is 4.79 Å². The van der Waals surface area contributed by atoms with Gasteiger partial charge in [-0.05, 0) is 30.7 Å². The smallest absolute Gasteiger partial charge is 0.253 e. The summed E-state index contributed by atoms with van der Waals surface area (Å²) in [5.74, 6) is 0.0346. The Labute approximate surface area is 117 Å². The highest BCUT2D eigenvalue weighted by molar-refractivity contribution is 9.09. The molecule has 0 aliphatic rings. The highest BCUT2D eigenvalue weighted by Crippen LogP contribution is 2.09. The van der Waals surface area contributed by atoms with Crippen LogP contribution in [0.5, 0.6) is 0 Å². The molecule has 4 heteroatoms. The molecule has 0 saturated carbocycles. The molecule has 0 radical (unpaired) electrons. The average molecular weight is 309 g/mol. The van der Waals surface area contributed by atoms with E-state index in [0.717, 1.165) is 24.7 Å². The van der Waals surface area contributed by atoms with Gasteiger partial charge in [-0.2, -0.15) is 5.26 Å². The number of nitriles is 1. The predicted octanol–water partition coefficient (Wildman–Crippen LogP) is 3.20. The molecule has 0 spiro atoms. The monoisotopic (exact) mass is 308 g/mol. The van der Waals surface area contributed by atoms with Crippen LogP contribution in [0.15, 0.2) is 24.3 Å². The van der Waals surface area contributed by atoms with Crippen LogP contribution < -0.4 is 0 Å². The first-order valence-electron chi connectivity index (χ1n) is 6.08. The van der Waals surface area contributed by atoms with Gasteiger partial charge in [-0.15, -0.1) is 0 Å². The Morgan fingerprint density at radius 2 is 2.00 bits per heavy atom. The number of nitrogens with zero attached hydrogens (tertiary/aromatic N) is 2. The Bertz CT molecular complexity index is 422. The molecule has 0 heterocycles. The Morgan fingerprint density at radius 1 is 1.33 bits per heavy atom. The van der Waals surface area contributed by atoms with Crippen molar-refractivity contribution in [3.05, 3.63) is 35.4 Å². The molecule has 0 atom stereocenters. The van der Waals surface area contributed by atoms with Crippen LogP contribution in [0.2, 0.25) is 0 Å². The van der Waals surface area contributed by atoms with Crippen LogP contribution >= 0.6 is 15.9 Å². The Balaban J connectivity index is 2.77. The zero-order valence-corrected chi connectivity index (χ0v) is 12.1. The van der Waals surface area contributed by atoms with Crippen LogP contribution in [0.1, 0.15) is 35.7 Å². The molecular weight excluding hydrogens is 292 g/mol. The molecule has 0 bridgehead atoms. The fourth-order valence-electron chi connectivity index (χ4n) is 1.64. The second-order valence-corrected chi connectivity index (χ2v) is 4.82. The number of benzene rings is 1. The highest BCUT2D eigenvalue weighted by atomic mass is 79.9. The first kappa shape index (κ1) is 14.7. The molecule has 0 unspecified atom stereocenters. The van der Waals surface area contributed by atoms with E-state index < -0.39 is 0 Å². The van der Waals surface area contributed by atoms with Crippen LogP contribution in [0, 0.1) is 11.3 Å². The maximum absolute atomic E-state index is 12.3. The maximum atomic E-state index is 12.3. The van der Waals surface area contributed by atoms with Gasteiger partial charge in [0.2, 0.25) is 0 Å². The van der Waals surface area contributed by atoms with E-state index in [0.29, 0.717) is 17.7 Å². The topological polar surface area (TPSA) is 44.1 Å². The zero-order valence-electron chi connectivity index (χ0n) is 10.5. The van der Waals surface area contributed by atoms with Crippen LogP contribution in [-0.4, -0.2) is 29.2 Å². The van der Waals surface area contributed by atoms with Gasteiger partial charge in [0.05, 0.1) is 11.6 Å². The summed E-state index contributed by atoms with van der Waals surface area (Å²) in [6.45, 7) is 3.60. The number of hydrogen-bond donors (Lipinski definition) is 0. The van der Waals surface area contributed by atoms with Crippen molar-refractivity contribution in [1.82, 2.24) is 4.90 Å². The summed E-state index contributed by atoms with van der Waals surface area (Å²) in [7, 11) is 0. The zero-order chi connectivity index (χ0) is 13.4. The number of carbonyl (C=O) groups is 1. The number of alkyl halides is 1. The van der Waals surface area contributed by atoms with E-state index in [-0.39, 0.29) is 5.91 Å². The molecule has 3 nitrogen and oxygen atoms in total. The van der Waals surface area contributed by atoms with Gasteiger partial charge in [-0.25, -0.2) is 0 Å². The molecule has 0 saturated heterocycles. The van der Waals surface area contributed by atoms with Gasteiger partial charge in [0.15, 0.2) is 0 Å². The number of halogens is 1. The second kappa shape index (κ2) is 7.88. The minimum atomic E-state index is 0.0346. The first-order chi connectivity index (χ1) is 8.72. The van der Waals surface area contributed by atoms with Gasteiger partial charge in [0.1, 0.15) is 0 Å². The average Bonchev–Trinajstić information content (AvgIpc) is 2.43. The molecule has 0 fully saturated rings. The standard InChI is InChI=1S/C14H17BrN2O/c1-2-3-9-17(10-8-15)14(18)13-6-4-12(11-16)5-7-13/h4-7H,2-3,8-10H2,1H3. The summed E-state index contributed by atoms with van der Waals surface area (Å²) in [5, 5.41) is 9.50. The van der Waals surface area contributed by atoms with E-state index in [4.69, 9.17) is 5.26 Å². The molecule has 18 heavy (non-hydrogen) atoms.